The average Bonchev–Trinajstić information content (AvgIpc) is 2.81. The molecule has 0 saturated heterocycles. The van der Waals surface area contributed by atoms with E-state index in [9.17, 15) is 15.2 Å². The van der Waals surface area contributed by atoms with Crippen molar-refractivity contribution in [2.24, 2.45) is 0 Å². The lowest BCUT2D eigenvalue weighted by atomic mass is 9.78. The molecule has 6 heteroatoms. The van der Waals surface area contributed by atoms with Gasteiger partial charge in [0.1, 0.15) is 5.75 Å². The van der Waals surface area contributed by atoms with Gasteiger partial charge in [-0.05, 0) is 32.1 Å². The van der Waals surface area contributed by atoms with Crippen LogP contribution >= 0.6 is 0 Å². The smallest absolute Gasteiger partial charge is 0.270 e. The molecule has 1 atom stereocenters. The fourth-order valence-corrected chi connectivity index (χ4v) is 4.11. The molecule has 0 aromatic heterocycles. The molecule has 0 saturated carbocycles. The Balaban J connectivity index is 1.86. The Labute approximate surface area is 151 Å². The molecule has 26 heavy (non-hydrogen) atoms. The number of β-amino-alcohol motifs (C(OH)–C–C–N with tert-alkyl or cyclic N) is 1. The minimum absolute atomic E-state index is 0.0420. The van der Waals surface area contributed by atoms with Crippen molar-refractivity contribution in [3.05, 3.63) is 69.8 Å². The molecule has 2 heterocycles. The monoisotopic (exact) mass is 352 g/mol. The number of hydrogen-bond acceptors (Lipinski definition) is 5. The molecule has 4 rings (SSSR count). The Kier molecular flexibility index (Phi) is 3.56. The first-order valence-electron chi connectivity index (χ1n) is 8.55. The van der Waals surface area contributed by atoms with Crippen LogP contribution in [0.1, 0.15) is 25.0 Å². The largest absolute Gasteiger partial charge is 0.475 e. The minimum atomic E-state index is -0.734. The van der Waals surface area contributed by atoms with E-state index in [1.54, 1.807) is 6.07 Å². The first-order valence-corrected chi connectivity index (χ1v) is 8.55. The number of non-ortho nitro benzene ring substituents is 1. The zero-order chi connectivity index (χ0) is 18.5. The van der Waals surface area contributed by atoms with E-state index in [1.807, 2.05) is 36.4 Å². The van der Waals surface area contributed by atoms with Crippen LogP contribution in [-0.4, -0.2) is 28.7 Å². The van der Waals surface area contributed by atoms with Gasteiger partial charge in [0.05, 0.1) is 17.1 Å². The number of nitrogens with zero attached hydrogens (tertiary/aromatic N) is 2. The van der Waals surface area contributed by atoms with Crippen molar-refractivity contribution >= 4 is 17.5 Å². The Hall–Kier alpha value is -2.86. The second-order valence-electron chi connectivity index (χ2n) is 7.10. The molecule has 0 radical (unpaired) electrons. The van der Waals surface area contributed by atoms with Gasteiger partial charge in [-0.25, -0.2) is 0 Å². The molecule has 2 aliphatic heterocycles. The molecule has 0 fully saturated rings. The van der Waals surface area contributed by atoms with E-state index in [-0.39, 0.29) is 12.3 Å². The summed E-state index contributed by atoms with van der Waals surface area (Å²) in [6.45, 7) is 4.71. The quantitative estimate of drug-likeness (QED) is 0.676. The van der Waals surface area contributed by atoms with E-state index in [0.29, 0.717) is 17.9 Å². The highest BCUT2D eigenvalue weighted by molar-refractivity contribution is 5.73. The second kappa shape index (κ2) is 5.57. The lowest BCUT2D eigenvalue weighted by Gasteiger charge is -2.45. The Bertz CT molecular complexity index is 922. The highest BCUT2D eigenvalue weighted by Gasteiger charge is 2.58. The minimum Gasteiger partial charge on any atom is -0.475 e. The maximum Gasteiger partial charge on any atom is 0.270 e. The topological polar surface area (TPSA) is 75.8 Å². The number of ether oxygens (including phenoxy) is 1. The predicted octanol–water partition coefficient (Wildman–Crippen LogP) is 3.49. The first-order chi connectivity index (χ1) is 12.4. The van der Waals surface area contributed by atoms with Crippen LogP contribution in [0, 0.1) is 10.1 Å². The van der Waals surface area contributed by atoms with Gasteiger partial charge in [-0.15, -0.1) is 0 Å². The highest BCUT2D eigenvalue weighted by Crippen LogP contribution is 2.55. The SMILES string of the molecule is CC1(C)N(CCO)c2ccccc2[C@@]12C=Cc1cc([N+](=O)[O-])ccc1O2. The van der Waals surface area contributed by atoms with Crippen molar-refractivity contribution in [1.82, 2.24) is 0 Å². The zero-order valence-corrected chi connectivity index (χ0v) is 14.7. The fraction of sp³-hybridized carbons (Fsp3) is 0.300. The summed E-state index contributed by atoms with van der Waals surface area (Å²) in [6, 6.07) is 12.7. The maximum atomic E-state index is 11.0. The number of nitro groups is 1. The Morgan fingerprint density at radius 3 is 2.73 bits per heavy atom. The number of rotatable bonds is 3. The molecule has 2 aromatic carbocycles. The maximum absolute atomic E-state index is 11.0. The molecular weight excluding hydrogens is 332 g/mol. The molecule has 0 aliphatic carbocycles. The van der Waals surface area contributed by atoms with Crippen molar-refractivity contribution < 1.29 is 14.8 Å². The summed E-state index contributed by atoms with van der Waals surface area (Å²) in [4.78, 5) is 12.8. The van der Waals surface area contributed by atoms with Gasteiger partial charge in [0, 0.05) is 35.5 Å². The lowest BCUT2D eigenvalue weighted by molar-refractivity contribution is -0.384. The molecule has 6 nitrogen and oxygen atoms in total. The normalized spacial score (nSPS) is 22.0. The van der Waals surface area contributed by atoms with Gasteiger partial charge < -0.3 is 14.7 Å². The van der Waals surface area contributed by atoms with Crippen LogP contribution in [0.4, 0.5) is 11.4 Å². The van der Waals surface area contributed by atoms with Gasteiger partial charge in [-0.1, -0.05) is 24.3 Å². The molecule has 1 spiro atoms. The number of aliphatic hydroxyl groups is 1. The third kappa shape index (κ3) is 2.08. The Morgan fingerprint density at radius 1 is 1.23 bits per heavy atom. The van der Waals surface area contributed by atoms with Crippen molar-refractivity contribution in [2.45, 2.75) is 25.0 Å². The van der Waals surface area contributed by atoms with E-state index in [4.69, 9.17) is 4.74 Å². The van der Waals surface area contributed by atoms with E-state index < -0.39 is 16.1 Å². The van der Waals surface area contributed by atoms with Crippen molar-refractivity contribution in [3.8, 4) is 5.75 Å². The zero-order valence-electron chi connectivity index (χ0n) is 14.7. The van der Waals surface area contributed by atoms with E-state index in [0.717, 1.165) is 11.3 Å². The second-order valence-corrected chi connectivity index (χ2v) is 7.10. The molecule has 1 N–H and O–H groups in total. The van der Waals surface area contributed by atoms with Crippen molar-refractivity contribution in [3.63, 3.8) is 0 Å². The van der Waals surface area contributed by atoms with Gasteiger partial charge in [0.2, 0.25) is 0 Å². The van der Waals surface area contributed by atoms with Crippen molar-refractivity contribution in [1.29, 1.82) is 0 Å². The number of para-hydroxylation sites is 1. The summed E-state index contributed by atoms with van der Waals surface area (Å²) < 4.78 is 6.50. The standard InChI is InChI=1S/C20H20N2O4/c1-19(2)20(16-5-3-4-6-17(16)21(19)11-12-23)10-9-14-13-15(22(24)25)7-8-18(14)26-20/h3-10,13,23H,11-12H2,1-2H3/t20-/m0/s1. The third-order valence-corrected chi connectivity index (χ3v) is 5.48. The van der Waals surface area contributed by atoms with Crippen LogP contribution in [0.2, 0.25) is 0 Å². The van der Waals surface area contributed by atoms with Gasteiger partial charge in [-0.2, -0.15) is 0 Å². The van der Waals surface area contributed by atoms with Crippen LogP contribution < -0.4 is 9.64 Å². The van der Waals surface area contributed by atoms with Crippen LogP contribution in [-0.2, 0) is 5.60 Å². The van der Waals surface area contributed by atoms with Crippen LogP contribution in [0.25, 0.3) is 6.08 Å². The van der Waals surface area contributed by atoms with E-state index in [1.165, 1.54) is 12.1 Å². The number of aliphatic hydroxyl groups excluding tert-OH is 1. The first kappa shape index (κ1) is 16.6. The van der Waals surface area contributed by atoms with Gasteiger partial charge in [0.25, 0.3) is 5.69 Å². The Morgan fingerprint density at radius 2 is 2.00 bits per heavy atom. The number of fused-ring (bicyclic) bond motifs is 3. The molecule has 0 unspecified atom stereocenters. The van der Waals surface area contributed by atoms with Crippen molar-refractivity contribution in [2.75, 3.05) is 18.1 Å². The molecule has 0 amide bonds. The van der Waals surface area contributed by atoms with Crippen LogP contribution in [0.5, 0.6) is 5.75 Å². The molecule has 0 bridgehead atoms. The van der Waals surface area contributed by atoms with E-state index in [2.05, 4.69) is 18.7 Å². The average molecular weight is 352 g/mol. The summed E-state index contributed by atoms with van der Waals surface area (Å²) >= 11 is 0. The van der Waals surface area contributed by atoms with Crippen LogP contribution in [0.3, 0.4) is 0 Å². The summed E-state index contributed by atoms with van der Waals surface area (Å²) in [6.07, 6.45) is 3.88. The van der Waals surface area contributed by atoms with Gasteiger partial charge in [0.15, 0.2) is 5.60 Å². The van der Waals surface area contributed by atoms with Crippen LogP contribution in [0.15, 0.2) is 48.5 Å². The molecular formula is C20H20N2O4. The summed E-state index contributed by atoms with van der Waals surface area (Å²) in [5.74, 6) is 0.617. The number of hydrogen-bond donors (Lipinski definition) is 1. The summed E-state index contributed by atoms with van der Waals surface area (Å²) in [5, 5.41) is 20.6. The molecule has 2 aliphatic rings. The van der Waals surface area contributed by atoms with E-state index >= 15 is 0 Å². The summed E-state index contributed by atoms with van der Waals surface area (Å²) in [7, 11) is 0. The summed E-state index contributed by atoms with van der Waals surface area (Å²) in [5.41, 5.74) is 1.61. The number of nitro benzene ring substituents is 1. The highest BCUT2D eigenvalue weighted by atomic mass is 16.6. The molecule has 134 valence electrons. The lowest BCUT2D eigenvalue weighted by Crippen LogP contribution is -2.57. The van der Waals surface area contributed by atoms with Gasteiger partial charge >= 0.3 is 0 Å². The predicted molar refractivity (Wildman–Crippen MR) is 99.4 cm³/mol. The molecule has 2 aromatic rings. The fourth-order valence-electron chi connectivity index (χ4n) is 4.11. The number of benzene rings is 2. The third-order valence-electron chi connectivity index (χ3n) is 5.48. The number of anilines is 1. The van der Waals surface area contributed by atoms with Gasteiger partial charge in [-0.3, -0.25) is 10.1 Å².